The van der Waals surface area contributed by atoms with E-state index < -0.39 is 9.84 Å². The van der Waals surface area contributed by atoms with Crippen LogP contribution >= 0.6 is 0 Å². The summed E-state index contributed by atoms with van der Waals surface area (Å²) in [5, 5.41) is 3.39. The number of hydrogen-bond donors (Lipinski definition) is 1. The average Bonchev–Trinajstić information content (AvgIpc) is 2.23. The van der Waals surface area contributed by atoms with Crippen molar-refractivity contribution in [2.45, 2.75) is 45.7 Å². The third kappa shape index (κ3) is 4.94. The van der Waals surface area contributed by atoms with Gasteiger partial charge in [0.25, 0.3) is 0 Å². The van der Waals surface area contributed by atoms with Gasteiger partial charge in [-0.1, -0.05) is 6.92 Å². The van der Waals surface area contributed by atoms with Crippen LogP contribution in [0.3, 0.4) is 0 Å². The molecule has 2 atom stereocenters. The van der Waals surface area contributed by atoms with E-state index in [4.69, 9.17) is 0 Å². The van der Waals surface area contributed by atoms with E-state index in [1.165, 1.54) is 0 Å². The van der Waals surface area contributed by atoms with Crippen LogP contribution in [0.2, 0.25) is 0 Å². The lowest BCUT2D eigenvalue weighted by Crippen LogP contribution is -2.51. The zero-order valence-electron chi connectivity index (χ0n) is 11.3. The van der Waals surface area contributed by atoms with Gasteiger partial charge >= 0.3 is 0 Å². The summed E-state index contributed by atoms with van der Waals surface area (Å²) in [6, 6.07) is 0.625. The van der Waals surface area contributed by atoms with E-state index in [1.54, 1.807) is 0 Å². The van der Waals surface area contributed by atoms with Crippen LogP contribution in [0.25, 0.3) is 0 Å². The topological polar surface area (TPSA) is 49.4 Å². The highest BCUT2D eigenvalue weighted by Gasteiger charge is 2.30. The molecule has 1 rings (SSSR count). The summed E-state index contributed by atoms with van der Waals surface area (Å²) in [4.78, 5) is 2.33. The molecule has 0 aromatic carbocycles. The zero-order valence-corrected chi connectivity index (χ0v) is 12.1. The van der Waals surface area contributed by atoms with E-state index in [0.717, 1.165) is 25.9 Å². The molecule has 0 aromatic heterocycles. The summed E-state index contributed by atoms with van der Waals surface area (Å²) in [6.45, 7) is 9.16. The molecule has 17 heavy (non-hydrogen) atoms. The van der Waals surface area contributed by atoms with E-state index in [9.17, 15) is 8.42 Å². The Labute approximate surface area is 106 Å². The summed E-state index contributed by atoms with van der Waals surface area (Å²) >= 11 is 0. The van der Waals surface area contributed by atoms with Crippen LogP contribution in [-0.4, -0.2) is 56.5 Å². The Kier molecular flexibility index (Phi) is 5.89. The summed E-state index contributed by atoms with van der Waals surface area (Å²) < 4.78 is 23.0. The highest BCUT2D eigenvalue weighted by molar-refractivity contribution is 7.91. The van der Waals surface area contributed by atoms with Crippen LogP contribution in [0, 0.1) is 0 Å². The summed E-state index contributed by atoms with van der Waals surface area (Å²) in [6.07, 6.45) is 2.25. The average molecular weight is 262 g/mol. The van der Waals surface area contributed by atoms with Gasteiger partial charge in [-0.15, -0.1) is 0 Å². The molecule has 5 heteroatoms. The molecule has 0 saturated carbocycles. The molecular formula is C12H26N2O2S. The highest BCUT2D eigenvalue weighted by Crippen LogP contribution is 2.16. The Bertz CT molecular complexity index is 316. The third-order valence-electron chi connectivity index (χ3n) is 3.45. The van der Waals surface area contributed by atoms with Gasteiger partial charge in [-0.3, -0.25) is 4.90 Å². The molecule has 102 valence electrons. The van der Waals surface area contributed by atoms with Crippen LogP contribution < -0.4 is 5.32 Å². The Morgan fingerprint density at radius 1 is 1.41 bits per heavy atom. The van der Waals surface area contributed by atoms with Gasteiger partial charge in [0.2, 0.25) is 0 Å². The van der Waals surface area contributed by atoms with Crippen molar-refractivity contribution in [3.05, 3.63) is 0 Å². The van der Waals surface area contributed by atoms with Crippen molar-refractivity contribution in [2.75, 3.05) is 31.1 Å². The van der Waals surface area contributed by atoms with E-state index in [2.05, 4.69) is 24.1 Å². The van der Waals surface area contributed by atoms with Crippen LogP contribution in [-0.2, 0) is 9.84 Å². The molecular weight excluding hydrogens is 236 g/mol. The van der Waals surface area contributed by atoms with E-state index in [-0.39, 0.29) is 6.04 Å². The molecule has 0 spiro atoms. The van der Waals surface area contributed by atoms with Gasteiger partial charge in [0.1, 0.15) is 0 Å². The lowest BCUT2D eigenvalue weighted by Gasteiger charge is -2.37. The van der Waals surface area contributed by atoms with Gasteiger partial charge < -0.3 is 5.32 Å². The fraction of sp³-hybridized carbons (Fsp3) is 1.00. The predicted octanol–water partition coefficient (Wildman–Crippen LogP) is 0.884. The Hall–Kier alpha value is -0.130. The van der Waals surface area contributed by atoms with Crippen molar-refractivity contribution in [2.24, 2.45) is 0 Å². The summed E-state index contributed by atoms with van der Waals surface area (Å²) in [5.41, 5.74) is 0. The van der Waals surface area contributed by atoms with Crippen molar-refractivity contribution in [1.29, 1.82) is 0 Å². The van der Waals surface area contributed by atoms with Crippen LogP contribution in [0.5, 0.6) is 0 Å². The Balaban J connectivity index is 2.34. The molecule has 1 heterocycles. The lowest BCUT2D eigenvalue weighted by atomic mass is 10.1. The maximum Gasteiger partial charge on any atom is 0.153 e. The number of nitrogens with one attached hydrogen (secondary N) is 1. The van der Waals surface area contributed by atoms with Gasteiger partial charge in [-0.25, -0.2) is 8.42 Å². The Morgan fingerprint density at radius 3 is 2.71 bits per heavy atom. The number of hydrogen-bond acceptors (Lipinski definition) is 4. The third-order valence-corrected chi connectivity index (χ3v) is 5.25. The van der Waals surface area contributed by atoms with Gasteiger partial charge in [-0.2, -0.15) is 0 Å². The molecule has 2 unspecified atom stereocenters. The van der Waals surface area contributed by atoms with Crippen LogP contribution in [0.1, 0.15) is 33.6 Å². The van der Waals surface area contributed by atoms with Gasteiger partial charge in [0, 0.05) is 18.6 Å². The fourth-order valence-electron chi connectivity index (χ4n) is 2.44. The second-order valence-electron chi connectivity index (χ2n) is 5.09. The molecule has 0 bridgehead atoms. The first kappa shape index (κ1) is 14.9. The minimum Gasteiger partial charge on any atom is -0.317 e. The number of rotatable bonds is 6. The van der Waals surface area contributed by atoms with Crippen molar-refractivity contribution in [1.82, 2.24) is 10.2 Å². The first-order valence-electron chi connectivity index (χ1n) is 6.63. The van der Waals surface area contributed by atoms with Gasteiger partial charge in [0.05, 0.1) is 11.5 Å². The van der Waals surface area contributed by atoms with E-state index in [1.807, 2.05) is 6.92 Å². The predicted molar refractivity (Wildman–Crippen MR) is 72.1 cm³/mol. The maximum absolute atomic E-state index is 11.5. The second kappa shape index (κ2) is 6.71. The number of nitrogens with zero attached hydrogens (tertiary/aromatic N) is 1. The van der Waals surface area contributed by atoms with E-state index in [0.29, 0.717) is 24.1 Å². The largest absolute Gasteiger partial charge is 0.317 e. The van der Waals surface area contributed by atoms with Crippen molar-refractivity contribution in [3.63, 3.8) is 0 Å². The molecule has 0 aliphatic carbocycles. The normalized spacial score (nSPS) is 26.9. The second-order valence-corrected chi connectivity index (χ2v) is 7.32. The molecule has 0 radical (unpaired) electrons. The van der Waals surface area contributed by atoms with Crippen molar-refractivity contribution >= 4 is 9.84 Å². The monoisotopic (exact) mass is 262 g/mol. The molecule has 4 nitrogen and oxygen atoms in total. The van der Waals surface area contributed by atoms with Crippen LogP contribution in [0.15, 0.2) is 0 Å². The standard InChI is InChI=1S/C12H26N2O2S/c1-4-6-13-7-5-11(2)14-8-9-17(15,16)10-12(14)3/h11-13H,4-10H2,1-3H3. The lowest BCUT2D eigenvalue weighted by molar-refractivity contribution is 0.160. The maximum atomic E-state index is 11.5. The Morgan fingerprint density at radius 2 is 2.12 bits per heavy atom. The zero-order chi connectivity index (χ0) is 12.9. The van der Waals surface area contributed by atoms with Gasteiger partial charge in [-0.05, 0) is 39.8 Å². The van der Waals surface area contributed by atoms with Gasteiger partial charge in [0.15, 0.2) is 9.84 Å². The molecule has 1 saturated heterocycles. The molecule has 0 aromatic rings. The smallest absolute Gasteiger partial charge is 0.153 e. The first-order valence-corrected chi connectivity index (χ1v) is 8.45. The molecule has 1 aliphatic heterocycles. The minimum atomic E-state index is -2.78. The molecule has 1 aliphatic rings. The van der Waals surface area contributed by atoms with Crippen molar-refractivity contribution < 1.29 is 8.42 Å². The van der Waals surface area contributed by atoms with Crippen LogP contribution in [0.4, 0.5) is 0 Å². The van der Waals surface area contributed by atoms with Crippen molar-refractivity contribution in [3.8, 4) is 0 Å². The van der Waals surface area contributed by atoms with E-state index >= 15 is 0 Å². The summed E-state index contributed by atoms with van der Waals surface area (Å²) in [5.74, 6) is 0.643. The number of sulfone groups is 1. The molecule has 1 fully saturated rings. The summed E-state index contributed by atoms with van der Waals surface area (Å²) in [7, 11) is -2.78. The fourth-order valence-corrected chi connectivity index (χ4v) is 4.03. The highest BCUT2D eigenvalue weighted by atomic mass is 32.2. The minimum absolute atomic E-state index is 0.162. The first-order chi connectivity index (χ1) is 7.96. The SMILES string of the molecule is CCCNCCC(C)N1CCS(=O)(=O)CC1C. The molecule has 1 N–H and O–H groups in total. The molecule has 0 amide bonds. The quantitative estimate of drug-likeness (QED) is 0.722.